The molecule has 0 radical (unpaired) electrons. The Morgan fingerprint density at radius 2 is 2.08 bits per heavy atom. The van der Waals surface area contributed by atoms with Crippen molar-refractivity contribution in [1.82, 2.24) is 25.1 Å². The number of aryl methyl sites for hydroxylation is 1. The van der Waals surface area contributed by atoms with Gasteiger partial charge in [-0.25, -0.2) is 9.78 Å². The van der Waals surface area contributed by atoms with E-state index in [2.05, 4.69) is 33.8 Å². The van der Waals surface area contributed by atoms with Crippen LogP contribution >= 0.6 is 11.6 Å². The highest BCUT2D eigenvalue weighted by Crippen LogP contribution is 2.37. The summed E-state index contributed by atoms with van der Waals surface area (Å²) in [5, 5.41) is 16.5. The van der Waals surface area contributed by atoms with Crippen molar-refractivity contribution in [3.8, 4) is 0 Å². The highest BCUT2D eigenvalue weighted by Gasteiger charge is 2.27. The molecule has 5 rings (SSSR count). The SMILES string of the molecule is CC(C)(O)OC(=O)N1CCNCC1.Cn1cncc1C(N)C1=CC2=CC=CNC2Cc2ccc(Cl)cc21. The number of carbonyl (C=O) groups is 1. The molecule has 10 heteroatoms. The molecule has 1 saturated heterocycles. The molecule has 0 bridgehead atoms. The van der Waals surface area contributed by atoms with Crippen molar-refractivity contribution in [1.29, 1.82) is 0 Å². The van der Waals surface area contributed by atoms with E-state index in [0.29, 0.717) is 13.1 Å². The zero-order chi connectivity index (χ0) is 26.6. The predicted molar refractivity (Wildman–Crippen MR) is 145 cm³/mol. The van der Waals surface area contributed by atoms with Crippen LogP contribution in [0.25, 0.3) is 5.57 Å². The minimum atomic E-state index is -1.39. The fourth-order valence-electron chi connectivity index (χ4n) is 4.55. The Bertz CT molecular complexity index is 1210. The normalized spacial score (nSPS) is 19.6. The van der Waals surface area contributed by atoms with Crippen LogP contribution in [-0.4, -0.2) is 63.7 Å². The molecular formula is C27H35ClN6O3. The third kappa shape index (κ3) is 6.81. The first-order chi connectivity index (χ1) is 17.6. The molecule has 3 aliphatic rings. The molecule has 5 N–H and O–H groups in total. The van der Waals surface area contributed by atoms with Crippen LogP contribution < -0.4 is 16.4 Å². The molecule has 2 aromatic rings. The number of nitrogens with one attached hydrogen (secondary N) is 2. The van der Waals surface area contributed by atoms with Crippen molar-refractivity contribution in [2.45, 2.75) is 38.1 Å². The smallest absolute Gasteiger partial charge is 0.412 e. The Hall–Kier alpha value is -3.11. The molecule has 1 aliphatic carbocycles. The Morgan fingerprint density at radius 3 is 2.76 bits per heavy atom. The summed E-state index contributed by atoms with van der Waals surface area (Å²) in [4.78, 5) is 17.1. The molecule has 37 heavy (non-hydrogen) atoms. The quantitative estimate of drug-likeness (QED) is 0.454. The van der Waals surface area contributed by atoms with Crippen LogP contribution in [-0.2, 0) is 18.2 Å². The van der Waals surface area contributed by atoms with Crippen molar-refractivity contribution in [3.63, 3.8) is 0 Å². The first kappa shape index (κ1) is 26.9. The molecule has 0 saturated carbocycles. The molecule has 2 unspecified atom stereocenters. The zero-order valence-corrected chi connectivity index (χ0v) is 22.2. The number of hydrogen-bond donors (Lipinski definition) is 4. The lowest BCUT2D eigenvalue weighted by molar-refractivity contribution is -0.139. The third-order valence-electron chi connectivity index (χ3n) is 6.43. The van der Waals surface area contributed by atoms with Gasteiger partial charge in [0.05, 0.1) is 30.3 Å². The lowest BCUT2D eigenvalue weighted by Gasteiger charge is -2.29. The maximum atomic E-state index is 11.3. The van der Waals surface area contributed by atoms with Crippen molar-refractivity contribution >= 4 is 23.3 Å². The number of ether oxygens (including phenoxy) is 1. The lowest BCUT2D eigenvalue weighted by atomic mass is 9.93. The van der Waals surface area contributed by atoms with Gasteiger partial charge < -0.3 is 35.7 Å². The van der Waals surface area contributed by atoms with Crippen LogP contribution in [0.5, 0.6) is 0 Å². The van der Waals surface area contributed by atoms with E-state index in [1.54, 1.807) is 11.2 Å². The van der Waals surface area contributed by atoms with E-state index in [1.165, 1.54) is 25.0 Å². The highest BCUT2D eigenvalue weighted by molar-refractivity contribution is 6.30. The number of benzene rings is 1. The molecule has 1 fully saturated rings. The summed E-state index contributed by atoms with van der Waals surface area (Å²) in [5.74, 6) is -1.39. The van der Waals surface area contributed by atoms with Crippen LogP contribution in [0.2, 0.25) is 5.02 Å². The van der Waals surface area contributed by atoms with Crippen molar-refractivity contribution < 1.29 is 14.6 Å². The summed E-state index contributed by atoms with van der Waals surface area (Å²) in [6.07, 6.45) is 12.4. The Kier molecular flexibility index (Phi) is 8.39. The van der Waals surface area contributed by atoms with Crippen molar-refractivity contribution in [2.24, 2.45) is 12.8 Å². The van der Waals surface area contributed by atoms with Crippen LogP contribution in [0.4, 0.5) is 4.79 Å². The molecular weight excluding hydrogens is 492 g/mol. The van der Waals surface area contributed by atoms with Crippen LogP contribution in [0.1, 0.15) is 36.7 Å². The average molecular weight is 527 g/mol. The van der Waals surface area contributed by atoms with E-state index in [9.17, 15) is 9.90 Å². The van der Waals surface area contributed by atoms with Gasteiger partial charge in [0.15, 0.2) is 0 Å². The fourth-order valence-corrected chi connectivity index (χ4v) is 4.72. The molecule has 2 aliphatic heterocycles. The van der Waals surface area contributed by atoms with Gasteiger partial charge in [0.2, 0.25) is 5.79 Å². The molecule has 2 atom stereocenters. The van der Waals surface area contributed by atoms with Gasteiger partial charge in [-0.1, -0.05) is 29.8 Å². The number of piperazine rings is 1. The molecule has 0 spiro atoms. The van der Waals surface area contributed by atoms with Crippen molar-refractivity contribution in [3.05, 3.63) is 82.6 Å². The molecule has 9 nitrogen and oxygen atoms in total. The van der Waals surface area contributed by atoms with Gasteiger partial charge in [-0.2, -0.15) is 0 Å². The van der Waals surface area contributed by atoms with E-state index < -0.39 is 11.9 Å². The second-order valence-electron chi connectivity index (χ2n) is 9.81. The van der Waals surface area contributed by atoms with Gasteiger partial charge in [-0.15, -0.1) is 0 Å². The highest BCUT2D eigenvalue weighted by atomic mass is 35.5. The minimum absolute atomic E-state index is 0.256. The zero-order valence-electron chi connectivity index (χ0n) is 21.4. The number of nitrogens with two attached hydrogens (primary N) is 1. The summed E-state index contributed by atoms with van der Waals surface area (Å²) in [6.45, 7) is 5.70. The second kappa shape index (κ2) is 11.5. The predicted octanol–water partition coefficient (Wildman–Crippen LogP) is 2.88. The number of rotatable bonds is 3. The lowest BCUT2D eigenvalue weighted by Crippen LogP contribution is -2.48. The number of hydrogen-bond acceptors (Lipinski definition) is 7. The number of fused-ring (bicyclic) bond motifs is 2. The van der Waals surface area contributed by atoms with Gasteiger partial charge in [-0.3, -0.25) is 0 Å². The van der Waals surface area contributed by atoms with Gasteiger partial charge in [0.1, 0.15) is 0 Å². The van der Waals surface area contributed by atoms with Gasteiger partial charge in [-0.05, 0) is 53.1 Å². The monoisotopic (exact) mass is 526 g/mol. The Balaban J connectivity index is 0.000000209. The summed E-state index contributed by atoms with van der Waals surface area (Å²) in [6, 6.07) is 6.06. The Morgan fingerprint density at radius 1 is 1.32 bits per heavy atom. The summed E-state index contributed by atoms with van der Waals surface area (Å²) in [7, 11) is 1.96. The number of amides is 1. The molecule has 3 heterocycles. The third-order valence-corrected chi connectivity index (χ3v) is 6.67. The van der Waals surface area contributed by atoms with E-state index in [0.717, 1.165) is 41.4 Å². The number of allylic oxidation sites excluding steroid dienone is 2. The largest absolute Gasteiger partial charge is 0.418 e. The standard InChI is InChI=1S/C19H19ClN4.C8H16N2O3/c1-24-11-22-10-18(24)19(21)16-7-13-3-2-6-23-17(13)8-12-4-5-14(20)9-15(12)16;1-8(2,12)13-7(11)10-5-3-9-4-6-10/h2-7,9-11,17,19,23H,8,21H2,1H3;9,12H,3-6H2,1-2H3. The summed E-state index contributed by atoms with van der Waals surface area (Å²) in [5.41, 5.74) is 12.3. The number of carbonyl (C=O) groups excluding carboxylic acids is 1. The average Bonchev–Trinajstić information content (AvgIpc) is 3.22. The number of dihydropyridines is 1. The Labute approximate surface area is 222 Å². The molecule has 1 aromatic heterocycles. The summed E-state index contributed by atoms with van der Waals surface area (Å²) >= 11 is 6.28. The fraction of sp³-hybridized carbons (Fsp3) is 0.407. The molecule has 198 valence electrons. The van der Waals surface area contributed by atoms with Crippen LogP contribution in [0, 0.1) is 0 Å². The van der Waals surface area contributed by atoms with E-state index >= 15 is 0 Å². The number of imidazole rings is 1. The topological polar surface area (TPSA) is 118 Å². The van der Waals surface area contributed by atoms with Gasteiger partial charge >= 0.3 is 6.09 Å². The van der Waals surface area contributed by atoms with Gasteiger partial charge in [0.25, 0.3) is 0 Å². The first-order valence-corrected chi connectivity index (χ1v) is 12.8. The number of nitrogens with zero attached hydrogens (tertiary/aromatic N) is 3. The minimum Gasteiger partial charge on any atom is -0.418 e. The summed E-state index contributed by atoms with van der Waals surface area (Å²) < 4.78 is 6.76. The maximum absolute atomic E-state index is 11.3. The van der Waals surface area contributed by atoms with Crippen LogP contribution in [0.15, 0.2) is 60.7 Å². The number of halogens is 1. The van der Waals surface area contributed by atoms with E-state index in [1.807, 2.05) is 42.2 Å². The first-order valence-electron chi connectivity index (χ1n) is 12.4. The van der Waals surface area contributed by atoms with Crippen molar-refractivity contribution in [2.75, 3.05) is 26.2 Å². The van der Waals surface area contributed by atoms with Crippen LogP contribution in [0.3, 0.4) is 0 Å². The molecule has 1 aromatic carbocycles. The number of aliphatic hydroxyl groups is 1. The van der Waals surface area contributed by atoms with E-state index in [-0.39, 0.29) is 12.1 Å². The maximum Gasteiger partial charge on any atom is 0.412 e. The van der Waals surface area contributed by atoms with Gasteiger partial charge in [0, 0.05) is 52.1 Å². The second-order valence-corrected chi connectivity index (χ2v) is 10.2. The van der Waals surface area contributed by atoms with E-state index in [4.69, 9.17) is 22.1 Å². The number of aromatic nitrogens is 2. The molecule has 1 amide bonds.